The van der Waals surface area contributed by atoms with Gasteiger partial charge in [-0.2, -0.15) is 13.2 Å². The van der Waals surface area contributed by atoms with Gasteiger partial charge in [-0.25, -0.2) is 4.98 Å². The topological polar surface area (TPSA) is 41.3 Å². The highest BCUT2D eigenvalue weighted by Gasteiger charge is 2.37. The standard InChI is InChI=1S/C19H22F3N3O/c1-4-24(5-2)11-12(3)25-16-10-13(26)6-7-14(16)15-8-9-23-18(17(15)25)19(20,21)22/h6-10,12,26H,4-5,11H2,1-3H3. The average Bonchev–Trinajstić information content (AvgIpc) is 2.91. The van der Waals surface area contributed by atoms with Gasteiger partial charge in [-0.1, -0.05) is 13.8 Å². The zero-order valence-corrected chi connectivity index (χ0v) is 15.0. The van der Waals surface area contributed by atoms with Crippen molar-refractivity contribution in [2.75, 3.05) is 19.6 Å². The zero-order chi connectivity index (χ0) is 19.1. The summed E-state index contributed by atoms with van der Waals surface area (Å²) in [6.07, 6.45) is -3.36. The molecule has 140 valence electrons. The van der Waals surface area contributed by atoms with Gasteiger partial charge in [0.1, 0.15) is 5.75 Å². The molecule has 0 fully saturated rings. The van der Waals surface area contributed by atoms with Crippen molar-refractivity contribution in [3.8, 4) is 5.75 Å². The number of alkyl halides is 3. The number of hydrogen-bond donors (Lipinski definition) is 1. The van der Waals surface area contributed by atoms with Gasteiger partial charge < -0.3 is 14.6 Å². The summed E-state index contributed by atoms with van der Waals surface area (Å²) in [5.74, 6) is 0.0260. The van der Waals surface area contributed by atoms with Crippen LogP contribution >= 0.6 is 0 Å². The van der Waals surface area contributed by atoms with Gasteiger partial charge in [0.25, 0.3) is 0 Å². The SMILES string of the molecule is CCN(CC)CC(C)n1c2cc(O)ccc2c2ccnc(C(F)(F)F)c21. The van der Waals surface area contributed by atoms with Crippen molar-refractivity contribution in [3.63, 3.8) is 0 Å². The Bertz CT molecular complexity index is 929. The number of phenols is 1. The smallest absolute Gasteiger partial charge is 0.435 e. The Kier molecular flexibility index (Phi) is 4.84. The number of likely N-dealkylation sites (N-methyl/N-ethyl adjacent to an activating group) is 1. The fraction of sp³-hybridized carbons (Fsp3) is 0.421. The van der Waals surface area contributed by atoms with Crippen LogP contribution in [0.15, 0.2) is 30.5 Å². The van der Waals surface area contributed by atoms with E-state index >= 15 is 0 Å². The van der Waals surface area contributed by atoms with E-state index in [4.69, 9.17) is 0 Å². The molecule has 3 aromatic rings. The molecule has 0 aliphatic rings. The van der Waals surface area contributed by atoms with E-state index in [2.05, 4.69) is 9.88 Å². The Morgan fingerprint density at radius 3 is 2.46 bits per heavy atom. The van der Waals surface area contributed by atoms with Gasteiger partial charge >= 0.3 is 6.18 Å². The molecule has 7 heteroatoms. The first-order valence-corrected chi connectivity index (χ1v) is 8.69. The number of halogens is 3. The number of aromatic nitrogens is 2. The van der Waals surface area contributed by atoms with E-state index in [1.165, 1.54) is 18.3 Å². The zero-order valence-electron chi connectivity index (χ0n) is 15.0. The molecule has 0 spiro atoms. The second-order valence-corrected chi connectivity index (χ2v) is 6.46. The van der Waals surface area contributed by atoms with Crippen LogP contribution in [0.3, 0.4) is 0 Å². The van der Waals surface area contributed by atoms with Crippen LogP contribution in [-0.4, -0.2) is 39.2 Å². The second-order valence-electron chi connectivity index (χ2n) is 6.46. The van der Waals surface area contributed by atoms with Crippen LogP contribution in [0.1, 0.15) is 32.5 Å². The van der Waals surface area contributed by atoms with Crippen LogP contribution in [0.2, 0.25) is 0 Å². The molecule has 3 rings (SSSR count). The van der Waals surface area contributed by atoms with Crippen LogP contribution in [0.5, 0.6) is 5.75 Å². The molecule has 1 aromatic carbocycles. The van der Waals surface area contributed by atoms with Crippen LogP contribution in [-0.2, 0) is 6.18 Å². The van der Waals surface area contributed by atoms with Crippen molar-refractivity contribution in [2.24, 2.45) is 0 Å². The molecule has 26 heavy (non-hydrogen) atoms. The first-order chi connectivity index (χ1) is 12.3. The van der Waals surface area contributed by atoms with E-state index in [9.17, 15) is 18.3 Å². The molecule has 1 atom stereocenters. The van der Waals surface area contributed by atoms with Crippen molar-refractivity contribution < 1.29 is 18.3 Å². The molecule has 1 N–H and O–H groups in total. The highest BCUT2D eigenvalue weighted by Crippen LogP contribution is 2.40. The molecule has 0 saturated carbocycles. The van der Waals surface area contributed by atoms with Gasteiger partial charge in [-0.15, -0.1) is 0 Å². The maximum absolute atomic E-state index is 13.6. The number of rotatable bonds is 5. The van der Waals surface area contributed by atoms with Gasteiger partial charge in [0, 0.05) is 35.6 Å². The van der Waals surface area contributed by atoms with Crippen molar-refractivity contribution in [2.45, 2.75) is 33.0 Å². The summed E-state index contributed by atoms with van der Waals surface area (Å²) in [5.41, 5.74) is -0.240. The van der Waals surface area contributed by atoms with Crippen molar-refractivity contribution in [1.29, 1.82) is 0 Å². The van der Waals surface area contributed by atoms with Crippen molar-refractivity contribution in [1.82, 2.24) is 14.5 Å². The normalized spacial score (nSPS) is 13.8. The number of hydrogen-bond acceptors (Lipinski definition) is 3. The van der Waals surface area contributed by atoms with E-state index in [1.54, 1.807) is 16.7 Å². The monoisotopic (exact) mass is 365 g/mol. The quantitative estimate of drug-likeness (QED) is 0.705. The third kappa shape index (κ3) is 3.11. The van der Waals surface area contributed by atoms with Crippen molar-refractivity contribution >= 4 is 21.8 Å². The maximum Gasteiger partial charge on any atom is 0.435 e. The summed E-state index contributed by atoms with van der Waals surface area (Å²) < 4.78 is 42.5. The predicted molar refractivity (Wildman–Crippen MR) is 96.4 cm³/mol. The second kappa shape index (κ2) is 6.79. The number of phenolic OH excluding ortho intramolecular Hbond substituents is 1. The Labute approximate surface area is 149 Å². The molecule has 0 radical (unpaired) electrons. The summed E-state index contributed by atoms with van der Waals surface area (Å²) in [6.45, 7) is 8.18. The molecule has 0 aliphatic carbocycles. The molecule has 0 aliphatic heterocycles. The van der Waals surface area contributed by atoms with Crippen molar-refractivity contribution in [3.05, 3.63) is 36.2 Å². The highest BCUT2D eigenvalue weighted by molar-refractivity contribution is 6.09. The van der Waals surface area contributed by atoms with Gasteiger partial charge in [0.2, 0.25) is 0 Å². The minimum absolute atomic E-state index is 0.0260. The van der Waals surface area contributed by atoms with Crippen LogP contribution < -0.4 is 0 Å². The maximum atomic E-state index is 13.6. The largest absolute Gasteiger partial charge is 0.508 e. The lowest BCUT2D eigenvalue weighted by atomic mass is 10.1. The van der Waals surface area contributed by atoms with Gasteiger partial charge in [-0.3, -0.25) is 0 Å². The third-order valence-corrected chi connectivity index (χ3v) is 4.82. The molecule has 2 heterocycles. The van der Waals surface area contributed by atoms with Gasteiger partial charge in [0.15, 0.2) is 5.69 Å². The van der Waals surface area contributed by atoms with E-state index < -0.39 is 11.9 Å². The van der Waals surface area contributed by atoms with Gasteiger partial charge in [0.05, 0.1) is 11.0 Å². The number of nitrogens with zero attached hydrogens (tertiary/aromatic N) is 3. The van der Waals surface area contributed by atoms with Gasteiger partial charge in [-0.05, 0) is 38.2 Å². The molecule has 0 bridgehead atoms. The molecule has 1 unspecified atom stereocenters. The van der Waals surface area contributed by atoms with E-state index in [0.717, 1.165) is 13.1 Å². The number of pyridine rings is 1. The molecule has 4 nitrogen and oxygen atoms in total. The molecule has 0 saturated heterocycles. The van der Waals surface area contributed by atoms with Crippen LogP contribution in [0.25, 0.3) is 21.8 Å². The minimum Gasteiger partial charge on any atom is -0.508 e. The van der Waals surface area contributed by atoms with Crippen LogP contribution in [0, 0.1) is 0 Å². The number of benzene rings is 1. The summed E-state index contributed by atoms with van der Waals surface area (Å²) in [7, 11) is 0. The highest BCUT2D eigenvalue weighted by atomic mass is 19.4. The molecule has 0 amide bonds. The lowest BCUT2D eigenvalue weighted by Gasteiger charge is -2.25. The van der Waals surface area contributed by atoms with Crippen LogP contribution in [0.4, 0.5) is 13.2 Å². The lowest BCUT2D eigenvalue weighted by molar-refractivity contribution is -0.140. The first-order valence-electron chi connectivity index (χ1n) is 8.69. The number of aromatic hydroxyl groups is 1. The Morgan fingerprint density at radius 2 is 1.85 bits per heavy atom. The fourth-order valence-electron chi connectivity index (χ4n) is 3.59. The predicted octanol–water partition coefficient (Wildman–Crippen LogP) is 4.82. The average molecular weight is 365 g/mol. The lowest BCUT2D eigenvalue weighted by Crippen LogP contribution is -2.29. The summed E-state index contributed by atoms with van der Waals surface area (Å²) >= 11 is 0. The summed E-state index contributed by atoms with van der Waals surface area (Å²) in [6, 6.07) is 6.06. The summed E-state index contributed by atoms with van der Waals surface area (Å²) in [4.78, 5) is 5.80. The van der Waals surface area contributed by atoms with E-state index in [-0.39, 0.29) is 17.3 Å². The fourth-order valence-corrected chi connectivity index (χ4v) is 3.59. The molecular weight excluding hydrogens is 343 g/mol. The molecular formula is C19H22F3N3O. The Balaban J connectivity index is 2.34. The van der Waals surface area contributed by atoms with E-state index in [0.29, 0.717) is 22.8 Å². The summed E-state index contributed by atoms with van der Waals surface area (Å²) in [5, 5.41) is 11.1. The molecule has 2 aromatic heterocycles. The first kappa shape index (κ1) is 18.5. The minimum atomic E-state index is -4.55. The Hall–Kier alpha value is -2.28. The third-order valence-electron chi connectivity index (χ3n) is 4.82. The Morgan fingerprint density at radius 1 is 1.15 bits per heavy atom. The number of fused-ring (bicyclic) bond motifs is 3. The van der Waals surface area contributed by atoms with E-state index in [1.807, 2.05) is 20.8 Å².